The van der Waals surface area contributed by atoms with Gasteiger partial charge >= 0.3 is 17.9 Å². The zero-order chi connectivity index (χ0) is 24.8. The maximum atomic E-state index is 13.1. The molecule has 0 radical (unpaired) electrons. The summed E-state index contributed by atoms with van der Waals surface area (Å²) in [5.74, 6) is -2.75. The Balaban J connectivity index is 2.28. The van der Waals surface area contributed by atoms with Crippen molar-refractivity contribution < 1.29 is 33.0 Å². The number of halogens is 2. The number of nitrogens with one attached hydrogen (secondary N) is 1. The maximum absolute atomic E-state index is 13.1. The SMILES string of the molecule is COC(=O)CC1=C(C(=O)OC)C(c2c(Cl)cccc2Cl)C(C(=O)OC)=C(CCc2ncco2)N1. The van der Waals surface area contributed by atoms with Crippen LogP contribution < -0.4 is 5.32 Å². The lowest BCUT2D eigenvalue weighted by Gasteiger charge is -2.32. The highest BCUT2D eigenvalue weighted by Crippen LogP contribution is 2.45. The van der Waals surface area contributed by atoms with Crippen molar-refractivity contribution in [3.05, 3.63) is 74.7 Å². The molecule has 34 heavy (non-hydrogen) atoms. The summed E-state index contributed by atoms with van der Waals surface area (Å²) in [6.45, 7) is 0. The van der Waals surface area contributed by atoms with E-state index in [4.69, 9.17) is 41.8 Å². The number of hydrogen-bond acceptors (Lipinski definition) is 9. The summed E-state index contributed by atoms with van der Waals surface area (Å²) >= 11 is 13.0. The third-order valence-corrected chi connectivity index (χ3v) is 5.91. The van der Waals surface area contributed by atoms with E-state index in [1.54, 1.807) is 18.2 Å². The number of aryl methyl sites for hydroxylation is 1. The standard InChI is InChI=1S/C23H22Cl2N2O7/c1-31-17(28)11-15-20(23(30)33-3)21(18-12(24)5-4-6-13(18)25)19(22(29)32-2)14(27-15)7-8-16-26-9-10-34-16/h4-6,9-10,21,27H,7-8,11H2,1-3H3. The second-order valence-electron chi connectivity index (χ2n) is 7.14. The van der Waals surface area contributed by atoms with E-state index >= 15 is 0 Å². The lowest BCUT2D eigenvalue weighted by atomic mass is 9.78. The van der Waals surface area contributed by atoms with Gasteiger partial charge in [-0.1, -0.05) is 29.3 Å². The molecule has 0 saturated heterocycles. The van der Waals surface area contributed by atoms with Crippen LogP contribution in [0.2, 0.25) is 10.0 Å². The van der Waals surface area contributed by atoms with Crippen molar-refractivity contribution in [3.63, 3.8) is 0 Å². The molecule has 2 aromatic rings. The molecule has 3 rings (SSSR count). The van der Waals surface area contributed by atoms with Crippen molar-refractivity contribution in [2.45, 2.75) is 25.2 Å². The van der Waals surface area contributed by atoms with E-state index in [0.29, 0.717) is 23.6 Å². The minimum atomic E-state index is -1.08. The number of hydrogen-bond donors (Lipinski definition) is 1. The molecule has 1 N–H and O–H groups in total. The molecule has 1 atom stereocenters. The Hall–Kier alpha value is -3.30. The summed E-state index contributed by atoms with van der Waals surface area (Å²) < 4.78 is 20.2. The van der Waals surface area contributed by atoms with Crippen molar-refractivity contribution in [1.29, 1.82) is 0 Å². The van der Waals surface area contributed by atoms with Gasteiger partial charge in [-0.3, -0.25) is 4.79 Å². The number of dihydropyridines is 1. The van der Waals surface area contributed by atoms with E-state index in [2.05, 4.69) is 10.3 Å². The normalized spacial score (nSPS) is 15.6. The first-order valence-corrected chi connectivity index (χ1v) is 10.9. The Morgan fingerprint density at radius 2 is 1.59 bits per heavy atom. The second-order valence-corrected chi connectivity index (χ2v) is 7.95. The highest BCUT2D eigenvalue weighted by molar-refractivity contribution is 6.36. The van der Waals surface area contributed by atoms with Crippen LogP contribution in [0.1, 0.15) is 30.2 Å². The average molecular weight is 509 g/mol. The molecular weight excluding hydrogens is 487 g/mol. The number of benzene rings is 1. The number of ether oxygens (including phenoxy) is 3. The topological polar surface area (TPSA) is 117 Å². The maximum Gasteiger partial charge on any atom is 0.336 e. The van der Waals surface area contributed by atoms with Gasteiger partial charge in [-0.15, -0.1) is 0 Å². The fourth-order valence-corrected chi connectivity index (χ4v) is 4.36. The first-order chi connectivity index (χ1) is 16.3. The molecule has 0 bridgehead atoms. The van der Waals surface area contributed by atoms with Crippen LogP contribution in [0.25, 0.3) is 0 Å². The van der Waals surface area contributed by atoms with Gasteiger partial charge in [0, 0.05) is 33.4 Å². The molecule has 1 aromatic heterocycles. The first kappa shape index (κ1) is 25.3. The van der Waals surface area contributed by atoms with Crippen LogP contribution in [0.5, 0.6) is 0 Å². The fourth-order valence-electron chi connectivity index (χ4n) is 3.75. The van der Waals surface area contributed by atoms with Crippen molar-refractivity contribution in [2.24, 2.45) is 0 Å². The van der Waals surface area contributed by atoms with E-state index in [1.807, 2.05) is 0 Å². The number of rotatable bonds is 8. The smallest absolute Gasteiger partial charge is 0.336 e. The Labute approximate surface area is 205 Å². The Morgan fingerprint density at radius 3 is 2.12 bits per heavy atom. The summed E-state index contributed by atoms with van der Waals surface area (Å²) in [7, 11) is 3.64. The van der Waals surface area contributed by atoms with E-state index in [0.717, 1.165) is 0 Å². The zero-order valence-corrected chi connectivity index (χ0v) is 20.2. The van der Waals surface area contributed by atoms with Gasteiger partial charge in [-0.05, 0) is 18.6 Å². The lowest BCUT2D eigenvalue weighted by Crippen LogP contribution is -2.35. The zero-order valence-electron chi connectivity index (χ0n) is 18.6. The lowest BCUT2D eigenvalue weighted by molar-refractivity contribution is -0.139. The van der Waals surface area contributed by atoms with Gasteiger partial charge in [0.2, 0.25) is 0 Å². The molecule has 11 heteroatoms. The van der Waals surface area contributed by atoms with Crippen LogP contribution in [-0.2, 0) is 35.0 Å². The molecule has 0 spiro atoms. The minimum Gasteiger partial charge on any atom is -0.469 e. The summed E-state index contributed by atoms with van der Waals surface area (Å²) in [6, 6.07) is 4.80. The molecule has 1 aliphatic heterocycles. The largest absolute Gasteiger partial charge is 0.469 e. The molecule has 0 aliphatic carbocycles. The van der Waals surface area contributed by atoms with Crippen molar-refractivity contribution in [1.82, 2.24) is 10.3 Å². The summed E-state index contributed by atoms with van der Waals surface area (Å²) in [5, 5.41) is 3.48. The monoisotopic (exact) mass is 508 g/mol. The van der Waals surface area contributed by atoms with Crippen LogP contribution in [-0.4, -0.2) is 44.2 Å². The Morgan fingerprint density at radius 1 is 0.971 bits per heavy atom. The minimum absolute atomic E-state index is 0.0110. The molecule has 1 unspecified atom stereocenters. The molecule has 2 heterocycles. The molecule has 9 nitrogen and oxygen atoms in total. The number of methoxy groups -OCH3 is 3. The highest BCUT2D eigenvalue weighted by Gasteiger charge is 2.41. The van der Waals surface area contributed by atoms with Gasteiger partial charge in [-0.25, -0.2) is 14.6 Å². The predicted molar refractivity (Wildman–Crippen MR) is 122 cm³/mol. The van der Waals surface area contributed by atoms with Crippen LogP contribution >= 0.6 is 23.2 Å². The highest BCUT2D eigenvalue weighted by atomic mass is 35.5. The van der Waals surface area contributed by atoms with Crippen LogP contribution in [0.15, 0.2) is 57.6 Å². The average Bonchev–Trinajstić information content (AvgIpc) is 3.35. The quantitative estimate of drug-likeness (QED) is 0.420. The van der Waals surface area contributed by atoms with Crippen molar-refractivity contribution >= 4 is 41.1 Å². The van der Waals surface area contributed by atoms with Gasteiger partial charge in [0.05, 0.1) is 51.0 Å². The van der Waals surface area contributed by atoms with Crippen LogP contribution in [0.4, 0.5) is 0 Å². The second kappa shape index (κ2) is 11.2. The molecule has 1 aliphatic rings. The van der Waals surface area contributed by atoms with Gasteiger partial charge < -0.3 is 23.9 Å². The third kappa shape index (κ3) is 5.26. The van der Waals surface area contributed by atoms with Gasteiger partial charge in [-0.2, -0.15) is 0 Å². The van der Waals surface area contributed by atoms with E-state index in [1.165, 1.54) is 33.8 Å². The number of nitrogens with zero attached hydrogens (tertiary/aromatic N) is 1. The Bertz CT molecular complexity index is 1140. The van der Waals surface area contributed by atoms with Gasteiger partial charge in [0.1, 0.15) is 6.26 Å². The van der Waals surface area contributed by atoms with E-state index < -0.39 is 23.8 Å². The predicted octanol–water partition coefficient (Wildman–Crippen LogP) is 3.72. The molecule has 0 amide bonds. The summed E-state index contributed by atoms with van der Waals surface area (Å²) in [6.07, 6.45) is 3.20. The number of carbonyl (C=O) groups excluding carboxylic acids is 3. The molecule has 0 fully saturated rings. The number of carbonyl (C=O) groups is 3. The van der Waals surface area contributed by atoms with Crippen molar-refractivity contribution in [3.8, 4) is 0 Å². The molecule has 180 valence electrons. The van der Waals surface area contributed by atoms with E-state index in [9.17, 15) is 14.4 Å². The van der Waals surface area contributed by atoms with Crippen LogP contribution in [0.3, 0.4) is 0 Å². The third-order valence-electron chi connectivity index (χ3n) is 5.25. The van der Waals surface area contributed by atoms with Gasteiger partial charge in [0.25, 0.3) is 0 Å². The van der Waals surface area contributed by atoms with Crippen LogP contribution in [0, 0.1) is 0 Å². The summed E-state index contributed by atoms with van der Waals surface area (Å²) in [5.41, 5.74) is 0.956. The number of aromatic nitrogens is 1. The molecule has 1 aromatic carbocycles. The molecule has 0 saturated carbocycles. The Kier molecular flexibility index (Phi) is 8.36. The summed E-state index contributed by atoms with van der Waals surface area (Å²) in [4.78, 5) is 42.4. The van der Waals surface area contributed by atoms with Crippen molar-refractivity contribution in [2.75, 3.05) is 21.3 Å². The number of oxazole rings is 1. The number of allylic oxidation sites excluding steroid dienone is 1. The number of esters is 3. The first-order valence-electron chi connectivity index (χ1n) is 10.1. The fraction of sp³-hybridized carbons (Fsp3) is 0.304. The van der Waals surface area contributed by atoms with E-state index in [-0.39, 0.29) is 39.7 Å². The molecular formula is C23H22Cl2N2O7. The van der Waals surface area contributed by atoms with Gasteiger partial charge in [0.15, 0.2) is 5.89 Å².